The molecule has 0 aromatic heterocycles. The van der Waals surface area contributed by atoms with Crippen LogP contribution in [0.4, 0.5) is 10.1 Å². The Hall–Kier alpha value is -1.15. The topological polar surface area (TPSA) is 73.2 Å². The third kappa shape index (κ3) is 2.42. The van der Waals surface area contributed by atoms with E-state index in [9.17, 15) is 9.50 Å². The van der Waals surface area contributed by atoms with Gasteiger partial charge < -0.3 is 24.8 Å². The highest BCUT2D eigenvalue weighted by atomic mass is 19.1. The van der Waals surface area contributed by atoms with Crippen LogP contribution in [0.5, 0.6) is 0 Å². The van der Waals surface area contributed by atoms with E-state index >= 15 is 0 Å². The maximum atomic E-state index is 13.5. The third-order valence-corrected chi connectivity index (χ3v) is 2.67. The lowest BCUT2D eigenvalue weighted by atomic mass is 9.80. The molecule has 3 N–H and O–H groups in total. The zero-order chi connectivity index (χ0) is 12.6. The van der Waals surface area contributed by atoms with Gasteiger partial charge in [-0.15, -0.1) is 0 Å². The Balaban J connectivity index is 2.26. The Morgan fingerprint density at radius 2 is 2.18 bits per heavy atom. The van der Waals surface area contributed by atoms with E-state index in [1.807, 2.05) is 0 Å². The molecule has 0 aliphatic carbocycles. The highest BCUT2D eigenvalue weighted by Gasteiger charge is 2.29. The standard InChI is InChI=1S/C10H13BFNO4/c1-6-5-13(10(14)17-6)7-2-3-8(11(15)16)9(12)4-7/h2-4,6,10,14-16H,5H2,1H3. The van der Waals surface area contributed by atoms with Gasteiger partial charge in [-0.05, 0) is 19.1 Å². The van der Waals surface area contributed by atoms with Gasteiger partial charge in [0.2, 0.25) is 6.41 Å². The Morgan fingerprint density at radius 3 is 2.65 bits per heavy atom. The predicted octanol–water partition coefficient (Wildman–Crippen LogP) is -0.994. The van der Waals surface area contributed by atoms with Gasteiger partial charge in [-0.1, -0.05) is 6.07 Å². The monoisotopic (exact) mass is 241 g/mol. The molecule has 92 valence electrons. The number of hydrogen-bond acceptors (Lipinski definition) is 5. The van der Waals surface area contributed by atoms with E-state index in [1.165, 1.54) is 17.0 Å². The molecule has 5 nitrogen and oxygen atoms in total. The molecule has 7 heteroatoms. The van der Waals surface area contributed by atoms with Crippen LogP contribution in [0.25, 0.3) is 0 Å². The number of ether oxygens (including phenoxy) is 1. The fraction of sp³-hybridized carbons (Fsp3) is 0.400. The molecule has 1 aliphatic rings. The zero-order valence-electron chi connectivity index (χ0n) is 9.25. The Labute approximate surface area is 98.2 Å². The molecule has 0 spiro atoms. The van der Waals surface area contributed by atoms with Gasteiger partial charge in [0.1, 0.15) is 5.82 Å². The molecule has 2 unspecified atom stereocenters. The van der Waals surface area contributed by atoms with Crippen LogP contribution in [0.3, 0.4) is 0 Å². The largest absolute Gasteiger partial charge is 0.491 e. The van der Waals surface area contributed by atoms with Crippen molar-refractivity contribution < 1.29 is 24.3 Å². The van der Waals surface area contributed by atoms with E-state index < -0.39 is 19.3 Å². The molecule has 17 heavy (non-hydrogen) atoms. The summed E-state index contributed by atoms with van der Waals surface area (Å²) in [7, 11) is -1.84. The predicted molar refractivity (Wildman–Crippen MR) is 60.1 cm³/mol. The summed E-state index contributed by atoms with van der Waals surface area (Å²) in [5.41, 5.74) is 0.236. The molecular weight excluding hydrogens is 228 g/mol. The number of aliphatic hydroxyl groups excluding tert-OH is 1. The fourth-order valence-electron chi connectivity index (χ4n) is 1.83. The first-order valence-electron chi connectivity index (χ1n) is 5.25. The summed E-state index contributed by atoms with van der Waals surface area (Å²) in [4.78, 5) is 1.49. The van der Waals surface area contributed by atoms with Gasteiger partial charge in [0, 0.05) is 17.7 Å². The fourth-order valence-corrected chi connectivity index (χ4v) is 1.83. The first-order valence-corrected chi connectivity index (χ1v) is 5.25. The molecule has 0 saturated carbocycles. The van der Waals surface area contributed by atoms with Crippen molar-refractivity contribution >= 4 is 18.3 Å². The smallest absolute Gasteiger partial charge is 0.423 e. The van der Waals surface area contributed by atoms with Crippen LogP contribution < -0.4 is 10.4 Å². The van der Waals surface area contributed by atoms with Crippen molar-refractivity contribution in [3.05, 3.63) is 24.0 Å². The minimum absolute atomic E-state index is 0.142. The maximum absolute atomic E-state index is 13.5. The van der Waals surface area contributed by atoms with Crippen LogP contribution in [0, 0.1) is 5.82 Å². The van der Waals surface area contributed by atoms with E-state index in [-0.39, 0.29) is 11.6 Å². The maximum Gasteiger partial charge on any atom is 0.491 e. The summed E-state index contributed by atoms with van der Waals surface area (Å²) in [5, 5.41) is 27.3. The van der Waals surface area contributed by atoms with Crippen LogP contribution in [-0.4, -0.2) is 41.3 Å². The summed E-state index contributed by atoms with van der Waals surface area (Å²) in [5.74, 6) is -0.732. The summed E-state index contributed by atoms with van der Waals surface area (Å²) < 4.78 is 18.6. The van der Waals surface area contributed by atoms with Crippen LogP contribution in [0.1, 0.15) is 6.92 Å². The lowest BCUT2D eigenvalue weighted by Gasteiger charge is -2.20. The van der Waals surface area contributed by atoms with Crippen molar-refractivity contribution in [2.24, 2.45) is 0 Å². The molecule has 2 rings (SSSR count). The van der Waals surface area contributed by atoms with Crippen molar-refractivity contribution in [3.8, 4) is 0 Å². The van der Waals surface area contributed by atoms with Gasteiger partial charge in [-0.3, -0.25) is 0 Å². The molecule has 2 atom stereocenters. The second-order valence-electron chi connectivity index (χ2n) is 4.00. The third-order valence-electron chi connectivity index (χ3n) is 2.67. The summed E-state index contributed by atoms with van der Waals surface area (Å²) in [6.45, 7) is 2.24. The average molecular weight is 241 g/mol. The number of rotatable bonds is 2. The van der Waals surface area contributed by atoms with Crippen molar-refractivity contribution in [2.75, 3.05) is 11.4 Å². The second-order valence-corrected chi connectivity index (χ2v) is 4.00. The SMILES string of the molecule is CC1CN(c2ccc(B(O)O)c(F)c2)C(O)O1. The number of halogens is 1. The quantitative estimate of drug-likeness (QED) is 0.579. The molecule has 0 bridgehead atoms. The molecule has 1 aliphatic heterocycles. The van der Waals surface area contributed by atoms with E-state index in [0.717, 1.165) is 6.07 Å². The molecule has 0 radical (unpaired) electrons. The number of hydrogen-bond donors (Lipinski definition) is 3. The minimum Gasteiger partial charge on any atom is -0.423 e. The molecule has 1 fully saturated rings. The lowest BCUT2D eigenvalue weighted by Crippen LogP contribution is -2.34. The van der Waals surface area contributed by atoms with E-state index in [0.29, 0.717) is 12.2 Å². The number of aliphatic hydroxyl groups is 1. The van der Waals surface area contributed by atoms with Crippen molar-refractivity contribution in [2.45, 2.75) is 19.4 Å². The highest BCUT2D eigenvalue weighted by molar-refractivity contribution is 6.58. The molecule has 0 amide bonds. The summed E-state index contributed by atoms with van der Waals surface area (Å²) in [6, 6.07) is 3.91. The van der Waals surface area contributed by atoms with Crippen molar-refractivity contribution in [1.82, 2.24) is 0 Å². The number of benzene rings is 1. The number of anilines is 1. The Morgan fingerprint density at radius 1 is 1.47 bits per heavy atom. The van der Waals surface area contributed by atoms with E-state index in [1.54, 1.807) is 6.92 Å². The Kier molecular flexibility index (Phi) is 3.34. The van der Waals surface area contributed by atoms with Crippen LogP contribution in [-0.2, 0) is 4.74 Å². The molecule has 1 heterocycles. The van der Waals surface area contributed by atoms with Gasteiger partial charge in [-0.25, -0.2) is 4.39 Å². The number of nitrogens with zero attached hydrogens (tertiary/aromatic N) is 1. The van der Waals surface area contributed by atoms with Gasteiger partial charge in [0.25, 0.3) is 0 Å². The summed E-state index contributed by atoms with van der Waals surface area (Å²) in [6.07, 6.45) is -1.24. The van der Waals surface area contributed by atoms with Crippen LogP contribution in [0.15, 0.2) is 18.2 Å². The zero-order valence-corrected chi connectivity index (χ0v) is 9.25. The first kappa shape index (κ1) is 12.3. The van der Waals surface area contributed by atoms with Crippen LogP contribution >= 0.6 is 0 Å². The van der Waals surface area contributed by atoms with Gasteiger partial charge >= 0.3 is 7.12 Å². The Bertz CT molecular complexity index is 417. The second kappa shape index (κ2) is 4.62. The van der Waals surface area contributed by atoms with E-state index in [2.05, 4.69) is 0 Å². The summed E-state index contributed by atoms with van der Waals surface area (Å²) >= 11 is 0. The van der Waals surface area contributed by atoms with E-state index in [4.69, 9.17) is 14.8 Å². The van der Waals surface area contributed by atoms with Crippen LogP contribution in [0.2, 0.25) is 0 Å². The highest BCUT2D eigenvalue weighted by Crippen LogP contribution is 2.23. The first-order chi connectivity index (χ1) is 7.99. The molecule has 1 saturated heterocycles. The average Bonchev–Trinajstić information content (AvgIpc) is 2.57. The molecular formula is C10H13BFNO4. The molecule has 1 aromatic rings. The van der Waals surface area contributed by atoms with Crippen molar-refractivity contribution in [1.29, 1.82) is 0 Å². The van der Waals surface area contributed by atoms with Gasteiger partial charge in [-0.2, -0.15) is 0 Å². The lowest BCUT2D eigenvalue weighted by molar-refractivity contribution is -0.0832. The van der Waals surface area contributed by atoms with Crippen molar-refractivity contribution in [3.63, 3.8) is 0 Å². The van der Waals surface area contributed by atoms with Gasteiger partial charge in [0.05, 0.1) is 6.10 Å². The normalized spacial score (nSPS) is 24.2. The molecule has 1 aromatic carbocycles. The minimum atomic E-state index is -1.84. The van der Waals surface area contributed by atoms with Gasteiger partial charge in [0.15, 0.2) is 0 Å².